The molecule has 208 valence electrons. The summed E-state index contributed by atoms with van der Waals surface area (Å²) in [5.41, 5.74) is 5.67. The van der Waals surface area contributed by atoms with Gasteiger partial charge in [0.25, 0.3) is 0 Å². The maximum Gasteiger partial charge on any atom is 0.212 e. The fraction of sp³-hybridized carbons (Fsp3) is 0.226. The van der Waals surface area contributed by atoms with Gasteiger partial charge in [0, 0.05) is 72.6 Å². The number of hydrogen-bond acceptors (Lipinski definition) is 8. The Labute approximate surface area is 236 Å². The summed E-state index contributed by atoms with van der Waals surface area (Å²) in [5.74, 6) is -0.179. The van der Waals surface area contributed by atoms with Crippen LogP contribution in [0, 0.1) is 25.5 Å². The van der Waals surface area contributed by atoms with Crippen LogP contribution in [0.25, 0.3) is 33.4 Å². The molecular formula is C31H28F2N6O2. The van der Waals surface area contributed by atoms with Gasteiger partial charge in [0.2, 0.25) is 5.88 Å². The quantitative estimate of drug-likeness (QED) is 0.264. The van der Waals surface area contributed by atoms with E-state index in [0.717, 1.165) is 28.6 Å². The molecule has 4 aromatic heterocycles. The van der Waals surface area contributed by atoms with Gasteiger partial charge in [0.15, 0.2) is 0 Å². The molecule has 0 spiro atoms. The van der Waals surface area contributed by atoms with Gasteiger partial charge in [0.1, 0.15) is 17.5 Å². The van der Waals surface area contributed by atoms with Crippen molar-refractivity contribution in [3.63, 3.8) is 0 Å². The van der Waals surface area contributed by atoms with Gasteiger partial charge in [-0.05, 0) is 37.6 Å². The first kappa shape index (κ1) is 26.5. The second-order valence-corrected chi connectivity index (χ2v) is 9.86. The average molecular weight is 555 g/mol. The van der Waals surface area contributed by atoms with E-state index < -0.39 is 11.6 Å². The molecule has 1 fully saturated rings. The number of fused-ring (bicyclic) bond motifs is 1. The van der Waals surface area contributed by atoms with Gasteiger partial charge in [-0.1, -0.05) is 0 Å². The van der Waals surface area contributed by atoms with Crippen molar-refractivity contribution in [3.8, 4) is 28.4 Å². The molecule has 1 N–H and O–H groups in total. The number of morpholine rings is 1. The lowest BCUT2D eigenvalue weighted by Crippen LogP contribution is -2.36. The maximum absolute atomic E-state index is 15.5. The molecule has 0 bridgehead atoms. The van der Waals surface area contributed by atoms with Crippen LogP contribution >= 0.6 is 0 Å². The van der Waals surface area contributed by atoms with Gasteiger partial charge in [0.05, 0.1) is 54.0 Å². The predicted molar refractivity (Wildman–Crippen MR) is 155 cm³/mol. The summed E-state index contributed by atoms with van der Waals surface area (Å²) >= 11 is 0. The van der Waals surface area contributed by atoms with E-state index >= 15 is 4.39 Å². The van der Waals surface area contributed by atoms with Gasteiger partial charge in [-0.15, -0.1) is 0 Å². The minimum atomic E-state index is -0.711. The zero-order valence-corrected chi connectivity index (χ0v) is 22.9. The molecule has 0 aliphatic carbocycles. The number of nitrogens with zero attached hydrogens (tertiary/aromatic N) is 5. The molecule has 0 amide bonds. The Hall–Kier alpha value is -4.70. The summed E-state index contributed by atoms with van der Waals surface area (Å²) in [5, 5.41) is 3.67. The average Bonchev–Trinajstić information content (AvgIpc) is 2.98. The van der Waals surface area contributed by atoms with E-state index in [2.05, 4.69) is 25.2 Å². The Morgan fingerprint density at radius 3 is 2.51 bits per heavy atom. The van der Waals surface area contributed by atoms with E-state index in [1.165, 1.54) is 6.07 Å². The molecule has 1 aromatic carbocycles. The lowest BCUT2D eigenvalue weighted by atomic mass is 10.0. The highest BCUT2D eigenvalue weighted by molar-refractivity contribution is 5.99. The SMILES string of the molecule is COc1ccc(-c2cnc(N3CCOCC3)cc2Nc2c(C)c(-c3cc(C)ccn3)nc3cc(F)cc(F)c23)cn1. The molecule has 5 aromatic rings. The molecule has 0 saturated carbocycles. The normalized spacial score (nSPS) is 13.4. The van der Waals surface area contributed by atoms with Crippen molar-refractivity contribution in [1.29, 1.82) is 0 Å². The van der Waals surface area contributed by atoms with Crippen molar-refractivity contribution in [1.82, 2.24) is 19.9 Å². The maximum atomic E-state index is 15.5. The summed E-state index contributed by atoms with van der Waals surface area (Å²) in [7, 11) is 1.56. The minimum absolute atomic E-state index is 0.184. The van der Waals surface area contributed by atoms with Gasteiger partial charge >= 0.3 is 0 Å². The molecule has 1 aliphatic heterocycles. The van der Waals surface area contributed by atoms with E-state index in [0.29, 0.717) is 60.5 Å². The Balaban J connectivity index is 1.56. The van der Waals surface area contributed by atoms with Crippen LogP contribution in [0.5, 0.6) is 5.88 Å². The number of hydrogen-bond donors (Lipinski definition) is 1. The predicted octanol–water partition coefficient (Wildman–Crippen LogP) is 6.24. The van der Waals surface area contributed by atoms with Crippen LogP contribution in [0.2, 0.25) is 0 Å². The molecule has 10 heteroatoms. The lowest BCUT2D eigenvalue weighted by Gasteiger charge is -2.28. The van der Waals surface area contributed by atoms with E-state index in [1.54, 1.807) is 31.8 Å². The first-order valence-electron chi connectivity index (χ1n) is 13.2. The van der Waals surface area contributed by atoms with Crippen LogP contribution in [0.1, 0.15) is 11.1 Å². The fourth-order valence-electron chi connectivity index (χ4n) is 5.02. The summed E-state index contributed by atoms with van der Waals surface area (Å²) in [4.78, 5) is 20.4. The number of rotatable bonds is 6. The van der Waals surface area contributed by atoms with Gasteiger partial charge < -0.3 is 19.7 Å². The topological polar surface area (TPSA) is 85.3 Å². The van der Waals surface area contributed by atoms with Crippen LogP contribution in [-0.4, -0.2) is 53.3 Å². The number of anilines is 3. The fourth-order valence-corrected chi connectivity index (χ4v) is 5.02. The standard InChI is InChI=1S/C31H28F2N6O2/c1-18-6-7-34-26(12-18)30-19(2)31(29-23(33)13-21(32)14-25(29)38-30)37-24-15-27(39-8-10-41-11-9-39)35-17-22(24)20-4-5-28(40-3)36-16-20/h4-7,12-17H,8-11H2,1-3H3,(H,35,37,38). The molecule has 6 rings (SSSR count). The number of benzene rings is 1. The number of halogens is 2. The van der Waals surface area contributed by atoms with Crippen LogP contribution in [0.15, 0.2) is 61.1 Å². The lowest BCUT2D eigenvalue weighted by molar-refractivity contribution is 0.122. The molecule has 0 atom stereocenters. The van der Waals surface area contributed by atoms with Gasteiger partial charge in [-0.3, -0.25) is 4.98 Å². The summed E-state index contributed by atoms with van der Waals surface area (Å²) in [6.45, 7) is 6.42. The van der Waals surface area contributed by atoms with Crippen molar-refractivity contribution in [2.24, 2.45) is 0 Å². The van der Waals surface area contributed by atoms with Gasteiger partial charge in [-0.25, -0.2) is 23.7 Å². The Kier molecular flexibility index (Phi) is 7.15. The summed E-state index contributed by atoms with van der Waals surface area (Å²) in [6, 6.07) is 11.5. The van der Waals surface area contributed by atoms with Gasteiger partial charge in [-0.2, -0.15) is 0 Å². The van der Waals surface area contributed by atoms with Crippen molar-refractivity contribution in [2.45, 2.75) is 13.8 Å². The number of ether oxygens (including phenoxy) is 2. The molecule has 1 aliphatic rings. The van der Waals surface area contributed by atoms with Crippen molar-refractivity contribution < 1.29 is 18.3 Å². The third-order valence-electron chi connectivity index (χ3n) is 7.15. The van der Waals surface area contributed by atoms with E-state index in [1.807, 2.05) is 38.1 Å². The second-order valence-electron chi connectivity index (χ2n) is 9.86. The molecule has 0 radical (unpaired) electrons. The monoisotopic (exact) mass is 554 g/mol. The Morgan fingerprint density at radius 2 is 1.78 bits per heavy atom. The zero-order valence-electron chi connectivity index (χ0n) is 22.9. The molecule has 1 saturated heterocycles. The van der Waals surface area contributed by atoms with Crippen LogP contribution < -0.4 is 15.0 Å². The first-order valence-corrected chi connectivity index (χ1v) is 13.2. The van der Waals surface area contributed by atoms with Crippen LogP contribution in [0.4, 0.5) is 26.0 Å². The minimum Gasteiger partial charge on any atom is -0.481 e. The molecule has 8 nitrogen and oxygen atoms in total. The van der Waals surface area contributed by atoms with E-state index in [4.69, 9.17) is 14.5 Å². The largest absolute Gasteiger partial charge is 0.481 e. The highest BCUT2D eigenvalue weighted by Crippen LogP contribution is 2.40. The van der Waals surface area contributed by atoms with E-state index in [9.17, 15) is 4.39 Å². The second kappa shape index (κ2) is 11.1. The highest BCUT2D eigenvalue weighted by atomic mass is 19.1. The van der Waals surface area contributed by atoms with Crippen LogP contribution in [0.3, 0.4) is 0 Å². The Morgan fingerprint density at radius 1 is 0.951 bits per heavy atom. The zero-order chi connectivity index (χ0) is 28.5. The summed E-state index contributed by atoms with van der Waals surface area (Å²) < 4.78 is 40.6. The molecule has 0 unspecified atom stereocenters. The number of nitrogens with one attached hydrogen (secondary N) is 1. The van der Waals surface area contributed by atoms with Crippen LogP contribution in [-0.2, 0) is 4.74 Å². The first-order chi connectivity index (χ1) is 19.9. The number of methoxy groups -OCH3 is 1. The highest BCUT2D eigenvalue weighted by Gasteiger charge is 2.21. The third-order valence-corrected chi connectivity index (χ3v) is 7.15. The molecular weight excluding hydrogens is 526 g/mol. The van der Waals surface area contributed by atoms with Crippen molar-refractivity contribution >= 4 is 28.1 Å². The summed E-state index contributed by atoms with van der Waals surface area (Å²) in [6.07, 6.45) is 5.17. The molecule has 41 heavy (non-hydrogen) atoms. The molecule has 5 heterocycles. The van der Waals surface area contributed by atoms with Crippen molar-refractivity contribution in [3.05, 3.63) is 83.8 Å². The smallest absolute Gasteiger partial charge is 0.212 e. The number of aromatic nitrogens is 4. The number of pyridine rings is 4. The Bertz CT molecular complexity index is 1740. The van der Waals surface area contributed by atoms with Crippen molar-refractivity contribution in [2.75, 3.05) is 43.6 Å². The van der Waals surface area contributed by atoms with E-state index in [-0.39, 0.29) is 10.9 Å². The third kappa shape index (κ3) is 5.26. The number of aryl methyl sites for hydroxylation is 1.